The SMILES string of the molecule is COC(=O)CCc1cccc(CC2CCN(C(=O)OC(C)(C)C)CC2)c1. The Morgan fingerprint density at radius 3 is 2.42 bits per heavy atom. The van der Waals surface area contributed by atoms with Crippen molar-refractivity contribution >= 4 is 12.1 Å². The molecule has 0 unspecified atom stereocenters. The normalized spacial score (nSPS) is 15.6. The van der Waals surface area contributed by atoms with Crippen LogP contribution in [0.1, 0.15) is 51.2 Å². The van der Waals surface area contributed by atoms with E-state index in [9.17, 15) is 9.59 Å². The second-order valence-electron chi connectivity index (χ2n) is 8.01. The number of hydrogen-bond donors (Lipinski definition) is 0. The van der Waals surface area contributed by atoms with Crippen LogP contribution in [0.25, 0.3) is 0 Å². The number of aryl methyl sites for hydroxylation is 1. The highest BCUT2D eigenvalue weighted by Crippen LogP contribution is 2.23. The fourth-order valence-electron chi connectivity index (χ4n) is 3.24. The first-order chi connectivity index (χ1) is 12.3. The van der Waals surface area contributed by atoms with Crippen molar-refractivity contribution in [3.8, 4) is 0 Å². The van der Waals surface area contributed by atoms with Gasteiger partial charge in [-0.15, -0.1) is 0 Å². The summed E-state index contributed by atoms with van der Waals surface area (Å²) in [4.78, 5) is 25.2. The zero-order chi connectivity index (χ0) is 19.2. The molecular weight excluding hydrogens is 330 g/mol. The third kappa shape index (κ3) is 6.70. The summed E-state index contributed by atoms with van der Waals surface area (Å²) < 4.78 is 10.2. The largest absolute Gasteiger partial charge is 0.469 e. The van der Waals surface area contributed by atoms with Gasteiger partial charge >= 0.3 is 12.1 Å². The van der Waals surface area contributed by atoms with Crippen LogP contribution in [-0.2, 0) is 27.1 Å². The summed E-state index contributed by atoms with van der Waals surface area (Å²) in [6, 6.07) is 8.43. The van der Waals surface area contributed by atoms with Crippen molar-refractivity contribution in [3.05, 3.63) is 35.4 Å². The van der Waals surface area contributed by atoms with Crippen molar-refractivity contribution in [1.82, 2.24) is 4.90 Å². The van der Waals surface area contributed by atoms with Crippen molar-refractivity contribution in [2.75, 3.05) is 20.2 Å². The Kier molecular flexibility index (Phi) is 7.06. The van der Waals surface area contributed by atoms with Crippen LogP contribution < -0.4 is 0 Å². The second-order valence-corrected chi connectivity index (χ2v) is 8.01. The molecule has 5 heteroatoms. The van der Waals surface area contributed by atoms with Gasteiger partial charge in [0.2, 0.25) is 0 Å². The van der Waals surface area contributed by atoms with Gasteiger partial charge in [-0.3, -0.25) is 4.79 Å². The number of carbonyl (C=O) groups excluding carboxylic acids is 2. The molecule has 1 aliphatic rings. The minimum atomic E-state index is -0.446. The Hall–Kier alpha value is -2.04. The van der Waals surface area contributed by atoms with Crippen LogP contribution in [0.2, 0.25) is 0 Å². The maximum absolute atomic E-state index is 12.1. The zero-order valence-corrected chi connectivity index (χ0v) is 16.4. The topological polar surface area (TPSA) is 55.8 Å². The lowest BCUT2D eigenvalue weighted by atomic mass is 9.89. The van der Waals surface area contributed by atoms with Crippen LogP contribution >= 0.6 is 0 Å². The predicted molar refractivity (Wildman–Crippen MR) is 101 cm³/mol. The third-order valence-corrected chi connectivity index (χ3v) is 4.63. The van der Waals surface area contributed by atoms with E-state index >= 15 is 0 Å². The van der Waals surface area contributed by atoms with Gasteiger partial charge in [0.25, 0.3) is 0 Å². The molecule has 1 heterocycles. The van der Waals surface area contributed by atoms with Gasteiger partial charge in [0.05, 0.1) is 7.11 Å². The van der Waals surface area contributed by atoms with Crippen LogP contribution in [0.3, 0.4) is 0 Å². The van der Waals surface area contributed by atoms with Gasteiger partial charge in [0.1, 0.15) is 5.60 Å². The number of amides is 1. The fourth-order valence-corrected chi connectivity index (χ4v) is 3.24. The summed E-state index contributed by atoms with van der Waals surface area (Å²) >= 11 is 0. The molecule has 144 valence electrons. The van der Waals surface area contributed by atoms with Gasteiger partial charge in [-0.2, -0.15) is 0 Å². The molecule has 1 fully saturated rings. The van der Waals surface area contributed by atoms with E-state index in [2.05, 4.69) is 24.3 Å². The molecule has 0 N–H and O–H groups in total. The predicted octanol–water partition coefficient (Wildman–Crippen LogP) is 3.98. The number of rotatable bonds is 5. The number of hydrogen-bond acceptors (Lipinski definition) is 4. The Balaban J connectivity index is 1.82. The van der Waals surface area contributed by atoms with Gasteiger partial charge in [0, 0.05) is 19.5 Å². The number of likely N-dealkylation sites (tertiary alicyclic amines) is 1. The van der Waals surface area contributed by atoms with E-state index in [0.29, 0.717) is 18.8 Å². The molecular formula is C21H31NO4. The molecule has 1 aromatic rings. The highest BCUT2D eigenvalue weighted by molar-refractivity contribution is 5.69. The first-order valence-corrected chi connectivity index (χ1v) is 9.39. The molecule has 0 radical (unpaired) electrons. The third-order valence-electron chi connectivity index (χ3n) is 4.63. The molecule has 1 amide bonds. The molecule has 0 spiro atoms. The van der Waals surface area contributed by atoms with E-state index in [1.165, 1.54) is 18.2 Å². The molecule has 0 atom stereocenters. The molecule has 26 heavy (non-hydrogen) atoms. The molecule has 1 aromatic carbocycles. The number of esters is 1. The summed E-state index contributed by atoms with van der Waals surface area (Å²) in [5.41, 5.74) is 2.01. The molecule has 0 saturated carbocycles. The van der Waals surface area contributed by atoms with Gasteiger partial charge in [-0.25, -0.2) is 4.79 Å². The summed E-state index contributed by atoms with van der Waals surface area (Å²) in [6.07, 6.45) is 3.90. The van der Waals surface area contributed by atoms with E-state index in [4.69, 9.17) is 9.47 Å². The van der Waals surface area contributed by atoms with Gasteiger partial charge in [-0.1, -0.05) is 24.3 Å². The first kappa shape index (κ1) is 20.3. The van der Waals surface area contributed by atoms with Crippen molar-refractivity contribution in [2.24, 2.45) is 5.92 Å². The second kappa shape index (κ2) is 9.06. The average molecular weight is 361 g/mol. The van der Waals surface area contributed by atoms with E-state index in [1.54, 1.807) is 0 Å². The molecule has 2 rings (SSSR count). The molecule has 0 bridgehead atoms. The van der Waals surface area contributed by atoms with Crippen LogP contribution in [0.15, 0.2) is 24.3 Å². The van der Waals surface area contributed by atoms with Crippen molar-refractivity contribution in [2.45, 2.75) is 58.5 Å². The van der Waals surface area contributed by atoms with E-state index < -0.39 is 5.60 Å². The summed E-state index contributed by atoms with van der Waals surface area (Å²) in [5, 5.41) is 0. The van der Waals surface area contributed by atoms with Crippen LogP contribution in [-0.4, -0.2) is 42.8 Å². The summed E-state index contributed by atoms with van der Waals surface area (Å²) in [7, 11) is 1.42. The smallest absolute Gasteiger partial charge is 0.410 e. The molecule has 1 aliphatic heterocycles. The van der Waals surface area contributed by atoms with Gasteiger partial charge < -0.3 is 14.4 Å². The maximum Gasteiger partial charge on any atom is 0.410 e. The minimum Gasteiger partial charge on any atom is -0.469 e. The summed E-state index contributed by atoms with van der Waals surface area (Å²) in [6.45, 7) is 7.18. The Bertz CT molecular complexity index is 613. The van der Waals surface area contributed by atoms with Gasteiger partial charge in [-0.05, 0) is 63.5 Å². The Morgan fingerprint density at radius 1 is 1.15 bits per heavy atom. The molecule has 5 nitrogen and oxygen atoms in total. The molecule has 0 aromatic heterocycles. The number of benzene rings is 1. The quantitative estimate of drug-likeness (QED) is 0.744. The number of ether oxygens (including phenoxy) is 2. The first-order valence-electron chi connectivity index (χ1n) is 9.39. The maximum atomic E-state index is 12.1. The molecule has 1 saturated heterocycles. The fraction of sp³-hybridized carbons (Fsp3) is 0.619. The highest BCUT2D eigenvalue weighted by atomic mass is 16.6. The van der Waals surface area contributed by atoms with Crippen molar-refractivity contribution < 1.29 is 19.1 Å². The van der Waals surface area contributed by atoms with Crippen LogP contribution in [0.4, 0.5) is 4.79 Å². The molecule has 0 aliphatic carbocycles. The van der Waals surface area contributed by atoms with E-state index in [0.717, 1.165) is 32.4 Å². The zero-order valence-electron chi connectivity index (χ0n) is 16.4. The van der Waals surface area contributed by atoms with Crippen molar-refractivity contribution in [3.63, 3.8) is 0 Å². The van der Waals surface area contributed by atoms with E-state index in [-0.39, 0.29) is 12.1 Å². The lowest BCUT2D eigenvalue weighted by Crippen LogP contribution is -2.42. The van der Waals surface area contributed by atoms with Gasteiger partial charge in [0.15, 0.2) is 0 Å². The number of methoxy groups -OCH3 is 1. The standard InChI is InChI=1S/C21H31NO4/c1-21(2,3)26-20(24)22-12-10-17(11-13-22)15-18-7-5-6-16(14-18)8-9-19(23)25-4/h5-7,14,17H,8-13,15H2,1-4H3. The number of carbonyl (C=O) groups is 2. The minimum absolute atomic E-state index is 0.176. The number of nitrogens with zero attached hydrogens (tertiary/aromatic N) is 1. The van der Waals surface area contributed by atoms with E-state index in [1.807, 2.05) is 25.7 Å². The lowest BCUT2D eigenvalue weighted by Gasteiger charge is -2.33. The average Bonchev–Trinajstić information content (AvgIpc) is 2.59. The van der Waals surface area contributed by atoms with Crippen LogP contribution in [0, 0.1) is 5.92 Å². The number of piperidine rings is 1. The monoisotopic (exact) mass is 361 g/mol. The lowest BCUT2D eigenvalue weighted by molar-refractivity contribution is -0.140. The Morgan fingerprint density at radius 2 is 1.81 bits per heavy atom. The highest BCUT2D eigenvalue weighted by Gasteiger charge is 2.26. The van der Waals surface area contributed by atoms with Crippen molar-refractivity contribution in [1.29, 1.82) is 0 Å². The summed E-state index contributed by atoms with van der Waals surface area (Å²) in [5.74, 6) is 0.398. The Labute approximate surface area is 156 Å². The van der Waals surface area contributed by atoms with Crippen LogP contribution in [0.5, 0.6) is 0 Å².